The summed E-state index contributed by atoms with van der Waals surface area (Å²) in [5.74, 6) is 1.75. The van der Waals surface area contributed by atoms with Gasteiger partial charge in [0.15, 0.2) is 0 Å². The van der Waals surface area contributed by atoms with Gasteiger partial charge >= 0.3 is 0 Å². The minimum absolute atomic E-state index is 0.341. The van der Waals surface area contributed by atoms with Gasteiger partial charge in [-0.25, -0.2) is 0 Å². The Hall–Kier alpha value is -1.02. The molecular weight excluding hydrogens is 212 g/mol. The summed E-state index contributed by atoms with van der Waals surface area (Å²) in [6.45, 7) is 1.56. The molecule has 0 amide bonds. The molecule has 0 spiro atoms. The maximum absolute atomic E-state index is 5.65. The van der Waals surface area contributed by atoms with Gasteiger partial charge < -0.3 is 9.47 Å². The fraction of sp³-hybridized carbons (Fsp3) is 0.600. The van der Waals surface area contributed by atoms with E-state index in [4.69, 9.17) is 9.47 Å². The van der Waals surface area contributed by atoms with E-state index < -0.39 is 0 Å². The van der Waals surface area contributed by atoms with E-state index in [0.717, 1.165) is 18.3 Å². The first-order valence-electron chi connectivity index (χ1n) is 6.76. The minimum atomic E-state index is 0.341. The molecule has 1 heterocycles. The van der Waals surface area contributed by atoms with Crippen molar-refractivity contribution in [2.75, 3.05) is 13.2 Å². The maximum atomic E-state index is 5.65. The molecule has 0 aromatic heterocycles. The molecule has 1 aliphatic carbocycles. The van der Waals surface area contributed by atoms with Crippen molar-refractivity contribution in [1.82, 2.24) is 0 Å². The molecular formula is C15H20O2. The number of hydrogen-bond acceptors (Lipinski definition) is 2. The zero-order chi connectivity index (χ0) is 11.5. The molecule has 0 radical (unpaired) electrons. The third-order valence-corrected chi connectivity index (χ3v) is 3.79. The van der Waals surface area contributed by atoms with Crippen molar-refractivity contribution in [1.29, 1.82) is 0 Å². The van der Waals surface area contributed by atoms with Crippen LogP contribution in [0, 0.1) is 0 Å². The third kappa shape index (κ3) is 3.01. The van der Waals surface area contributed by atoms with Crippen LogP contribution < -0.4 is 4.74 Å². The Morgan fingerprint density at radius 2 is 1.76 bits per heavy atom. The Bertz CT molecular complexity index is 348. The van der Waals surface area contributed by atoms with Crippen LogP contribution in [0.4, 0.5) is 0 Å². The fourth-order valence-corrected chi connectivity index (χ4v) is 2.63. The molecule has 17 heavy (non-hydrogen) atoms. The van der Waals surface area contributed by atoms with E-state index >= 15 is 0 Å². The predicted molar refractivity (Wildman–Crippen MR) is 67.5 cm³/mol. The van der Waals surface area contributed by atoms with Crippen molar-refractivity contribution in [3.63, 3.8) is 0 Å². The van der Waals surface area contributed by atoms with Gasteiger partial charge in [0.2, 0.25) is 0 Å². The largest absolute Gasteiger partial charge is 0.491 e. The van der Waals surface area contributed by atoms with Gasteiger partial charge in [0.1, 0.15) is 18.5 Å². The van der Waals surface area contributed by atoms with Crippen molar-refractivity contribution in [2.45, 2.75) is 44.1 Å². The highest BCUT2D eigenvalue weighted by Gasteiger charge is 2.23. The van der Waals surface area contributed by atoms with Gasteiger partial charge in [-0.2, -0.15) is 0 Å². The van der Waals surface area contributed by atoms with Crippen molar-refractivity contribution >= 4 is 0 Å². The normalized spacial score (nSPS) is 24.6. The van der Waals surface area contributed by atoms with Crippen LogP contribution in [0.15, 0.2) is 24.3 Å². The Kier molecular flexibility index (Phi) is 3.32. The average Bonchev–Trinajstić information content (AvgIpc) is 3.22. The topological polar surface area (TPSA) is 21.8 Å². The summed E-state index contributed by atoms with van der Waals surface area (Å²) in [5, 5.41) is 0. The molecule has 2 heteroatoms. The maximum Gasteiger partial charge on any atom is 0.119 e. The molecule has 2 fully saturated rings. The summed E-state index contributed by atoms with van der Waals surface area (Å²) >= 11 is 0. The van der Waals surface area contributed by atoms with Crippen LogP contribution in [0.1, 0.15) is 43.6 Å². The number of hydrogen-bond donors (Lipinski definition) is 0. The number of epoxide rings is 1. The summed E-state index contributed by atoms with van der Waals surface area (Å²) in [6, 6.07) is 8.68. The molecule has 0 bridgehead atoms. The first-order chi connectivity index (χ1) is 8.42. The molecule has 2 aliphatic rings. The smallest absolute Gasteiger partial charge is 0.119 e. The van der Waals surface area contributed by atoms with Crippen LogP contribution in [-0.4, -0.2) is 19.3 Å². The lowest BCUT2D eigenvalue weighted by atomic mass is 9.84. The Morgan fingerprint density at radius 3 is 2.41 bits per heavy atom. The van der Waals surface area contributed by atoms with E-state index in [2.05, 4.69) is 24.3 Å². The molecule has 2 nitrogen and oxygen atoms in total. The highest BCUT2D eigenvalue weighted by atomic mass is 16.6. The van der Waals surface area contributed by atoms with Gasteiger partial charge in [0.05, 0.1) is 6.61 Å². The average molecular weight is 232 g/mol. The summed E-state index contributed by atoms with van der Waals surface area (Å²) in [7, 11) is 0. The van der Waals surface area contributed by atoms with Crippen LogP contribution in [-0.2, 0) is 4.74 Å². The second-order valence-electron chi connectivity index (χ2n) is 5.17. The van der Waals surface area contributed by atoms with E-state index in [0.29, 0.717) is 12.7 Å². The summed E-state index contributed by atoms with van der Waals surface area (Å²) in [4.78, 5) is 0. The summed E-state index contributed by atoms with van der Waals surface area (Å²) < 4.78 is 10.8. The zero-order valence-corrected chi connectivity index (χ0v) is 10.2. The van der Waals surface area contributed by atoms with Crippen molar-refractivity contribution < 1.29 is 9.47 Å². The number of rotatable bonds is 4. The minimum Gasteiger partial charge on any atom is -0.491 e. The second-order valence-corrected chi connectivity index (χ2v) is 5.17. The number of benzene rings is 1. The van der Waals surface area contributed by atoms with Crippen molar-refractivity contribution in [3.05, 3.63) is 29.8 Å². The third-order valence-electron chi connectivity index (χ3n) is 3.79. The second kappa shape index (κ2) is 5.09. The highest BCUT2D eigenvalue weighted by molar-refractivity contribution is 5.29. The van der Waals surface area contributed by atoms with E-state index in [1.54, 1.807) is 0 Å². The number of ether oxygens (including phenoxy) is 2. The van der Waals surface area contributed by atoms with E-state index in [1.165, 1.54) is 37.7 Å². The molecule has 0 N–H and O–H groups in total. The molecule has 1 aromatic rings. The molecule has 1 saturated heterocycles. The molecule has 1 saturated carbocycles. The van der Waals surface area contributed by atoms with E-state index in [1.807, 2.05) is 0 Å². The van der Waals surface area contributed by atoms with Gasteiger partial charge in [0.25, 0.3) is 0 Å². The molecule has 1 aromatic carbocycles. The van der Waals surface area contributed by atoms with Crippen LogP contribution >= 0.6 is 0 Å². The quantitative estimate of drug-likeness (QED) is 0.741. The van der Waals surface area contributed by atoms with E-state index in [-0.39, 0.29) is 0 Å². The lowest BCUT2D eigenvalue weighted by Gasteiger charge is -2.22. The van der Waals surface area contributed by atoms with Gasteiger partial charge in [-0.3, -0.25) is 0 Å². The van der Waals surface area contributed by atoms with Gasteiger partial charge in [-0.15, -0.1) is 0 Å². The predicted octanol–water partition coefficient (Wildman–Crippen LogP) is 3.51. The Labute approximate surface area is 103 Å². The highest BCUT2D eigenvalue weighted by Crippen LogP contribution is 2.33. The molecule has 0 unspecified atom stereocenters. The SMILES string of the molecule is c1cc(C2CCCCC2)ccc1OC[C@@H]1CO1. The molecule has 3 rings (SSSR count). The first kappa shape index (κ1) is 11.1. The van der Waals surface area contributed by atoms with E-state index in [9.17, 15) is 0 Å². The molecule has 1 atom stereocenters. The van der Waals surface area contributed by atoms with Crippen LogP contribution in [0.3, 0.4) is 0 Å². The Morgan fingerprint density at radius 1 is 1.06 bits per heavy atom. The molecule has 1 aliphatic heterocycles. The van der Waals surface area contributed by atoms with Crippen LogP contribution in [0.2, 0.25) is 0 Å². The van der Waals surface area contributed by atoms with Crippen LogP contribution in [0.25, 0.3) is 0 Å². The summed E-state index contributed by atoms with van der Waals surface area (Å²) in [6.07, 6.45) is 7.25. The molecule has 92 valence electrons. The van der Waals surface area contributed by atoms with Crippen molar-refractivity contribution in [3.8, 4) is 5.75 Å². The standard InChI is InChI=1S/C15H20O2/c1-2-4-12(5-3-1)13-6-8-14(9-7-13)16-10-15-11-17-15/h6-9,12,15H,1-5,10-11H2/t15-/m1/s1. The van der Waals surface area contributed by atoms with Crippen molar-refractivity contribution in [2.24, 2.45) is 0 Å². The van der Waals surface area contributed by atoms with Gasteiger partial charge in [0, 0.05) is 0 Å². The van der Waals surface area contributed by atoms with Gasteiger partial charge in [-0.05, 0) is 36.5 Å². The Balaban J connectivity index is 1.58. The fourth-order valence-electron chi connectivity index (χ4n) is 2.63. The zero-order valence-electron chi connectivity index (χ0n) is 10.2. The lowest BCUT2D eigenvalue weighted by Crippen LogP contribution is -2.06. The monoisotopic (exact) mass is 232 g/mol. The first-order valence-corrected chi connectivity index (χ1v) is 6.76. The summed E-state index contributed by atoms with van der Waals surface area (Å²) in [5.41, 5.74) is 1.49. The lowest BCUT2D eigenvalue weighted by molar-refractivity contribution is 0.263. The van der Waals surface area contributed by atoms with Crippen LogP contribution in [0.5, 0.6) is 5.75 Å². The van der Waals surface area contributed by atoms with Gasteiger partial charge in [-0.1, -0.05) is 31.4 Å².